The summed E-state index contributed by atoms with van der Waals surface area (Å²) in [5, 5.41) is 14.8. The SMILES string of the molecule is O=C(O)CCCNC(=O)CC1(NC(=O)OCC2c3ccccc3-c3ccccc32)CCN(Cc2ccccc2)CC1. The first-order chi connectivity index (χ1) is 19.9. The normalized spacial score (nSPS) is 15.9. The van der Waals surface area contributed by atoms with Crippen LogP contribution in [0.2, 0.25) is 0 Å². The van der Waals surface area contributed by atoms with Gasteiger partial charge in [-0.3, -0.25) is 14.5 Å². The minimum atomic E-state index is -0.890. The molecular weight excluding hydrogens is 518 g/mol. The molecule has 1 aliphatic heterocycles. The molecule has 0 radical (unpaired) electrons. The van der Waals surface area contributed by atoms with E-state index in [1.165, 1.54) is 16.7 Å². The van der Waals surface area contributed by atoms with E-state index in [-0.39, 0.29) is 37.8 Å². The molecule has 3 aromatic carbocycles. The van der Waals surface area contributed by atoms with Crippen molar-refractivity contribution in [3.63, 3.8) is 0 Å². The number of nitrogens with one attached hydrogen (secondary N) is 2. The van der Waals surface area contributed by atoms with Gasteiger partial charge in [-0.25, -0.2) is 4.79 Å². The van der Waals surface area contributed by atoms with Crippen LogP contribution in [0.15, 0.2) is 78.9 Å². The van der Waals surface area contributed by atoms with E-state index in [1.54, 1.807) is 0 Å². The van der Waals surface area contributed by atoms with E-state index in [9.17, 15) is 14.4 Å². The van der Waals surface area contributed by atoms with Crippen LogP contribution in [-0.2, 0) is 20.9 Å². The monoisotopic (exact) mass is 555 g/mol. The van der Waals surface area contributed by atoms with E-state index in [0.29, 0.717) is 19.3 Å². The highest BCUT2D eigenvalue weighted by atomic mass is 16.5. The van der Waals surface area contributed by atoms with Crippen LogP contribution in [0.25, 0.3) is 11.1 Å². The summed E-state index contributed by atoms with van der Waals surface area (Å²) in [7, 11) is 0. The second-order valence-corrected chi connectivity index (χ2v) is 11.0. The van der Waals surface area contributed by atoms with Crippen molar-refractivity contribution in [3.05, 3.63) is 95.6 Å². The molecule has 2 aliphatic rings. The van der Waals surface area contributed by atoms with Crippen molar-refractivity contribution in [2.45, 2.75) is 50.1 Å². The summed E-state index contributed by atoms with van der Waals surface area (Å²) in [6.45, 7) is 2.75. The number of alkyl carbamates (subject to hydrolysis) is 1. The van der Waals surface area contributed by atoms with Crippen molar-refractivity contribution in [2.75, 3.05) is 26.2 Å². The number of carboxylic acid groups (broad SMARTS) is 1. The molecule has 1 aliphatic carbocycles. The largest absolute Gasteiger partial charge is 0.481 e. The molecule has 0 unspecified atom stereocenters. The van der Waals surface area contributed by atoms with Crippen molar-refractivity contribution in [1.82, 2.24) is 15.5 Å². The molecule has 8 heteroatoms. The number of hydrogen-bond donors (Lipinski definition) is 3. The van der Waals surface area contributed by atoms with Crippen molar-refractivity contribution < 1.29 is 24.2 Å². The van der Waals surface area contributed by atoms with Gasteiger partial charge in [0.25, 0.3) is 0 Å². The van der Waals surface area contributed by atoms with Crippen LogP contribution < -0.4 is 10.6 Å². The lowest BCUT2D eigenvalue weighted by atomic mass is 9.84. The first-order valence-electron chi connectivity index (χ1n) is 14.3. The number of carbonyl (C=O) groups is 3. The number of nitrogens with zero attached hydrogens (tertiary/aromatic N) is 1. The molecule has 3 aromatic rings. The van der Waals surface area contributed by atoms with Gasteiger partial charge in [-0.05, 0) is 47.1 Å². The predicted molar refractivity (Wildman–Crippen MR) is 156 cm³/mol. The van der Waals surface area contributed by atoms with Gasteiger partial charge in [0.15, 0.2) is 0 Å². The molecule has 41 heavy (non-hydrogen) atoms. The zero-order valence-electron chi connectivity index (χ0n) is 23.2. The average molecular weight is 556 g/mol. The van der Waals surface area contributed by atoms with E-state index >= 15 is 0 Å². The lowest BCUT2D eigenvalue weighted by molar-refractivity contribution is -0.137. The van der Waals surface area contributed by atoms with Gasteiger partial charge in [0.05, 0.1) is 5.54 Å². The summed E-state index contributed by atoms with van der Waals surface area (Å²) in [5.41, 5.74) is 5.10. The number of rotatable bonds is 11. The minimum absolute atomic E-state index is 0.00211. The first kappa shape index (κ1) is 28.4. The van der Waals surface area contributed by atoms with Crippen molar-refractivity contribution in [2.24, 2.45) is 0 Å². The molecule has 1 heterocycles. The van der Waals surface area contributed by atoms with E-state index in [2.05, 4.69) is 51.9 Å². The zero-order chi connectivity index (χ0) is 28.7. The maximum atomic E-state index is 13.2. The molecule has 5 rings (SSSR count). The summed E-state index contributed by atoms with van der Waals surface area (Å²) in [5.74, 6) is -1.14. The Balaban J connectivity index is 1.23. The van der Waals surface area contributed by atoms with Crippen molar-refractivity contribution >= 4 is 18.0 Å². The topological polar surface area (TPSA) is 108 Å². The third kappa shape index (κ3) is 7.13. The van der Waals surface area contributed by atoms with Gasteiger partial charge in [0, 0.05) is 44.9 Å². The highest BCUT2D eigenvalue weighted by Gasteiger charge is 2.39. The van der Waals surface area contributed by atoms with Gasteiger partial charge < -0.3 is 20.5 Å². The number of aliphatic carboxylic acids is 1. The lowest BCUT2D eigenvalue weighted by Crippen LogP contribution is -2.57. The molecule has 214 valence electrons. The molecule has 0 saturated carbocycles. The summed E-state index contributed by atoms with van der Waals surface area (Å²) in [6.07, 6.45) is 1.15. The van der Waals surface area contributed by atoms with Gasteiger partial charge in [0.1, 0.15) is 6.61 Å². The Hall–Kier alpha value is -4.17. The number of carboxylic acids is 1. The van der Waals surface area contributed by atoms with Crippen LogP contribution in [0.1, 0.15) is 54.7 Å². The Morgan fingerprint density at radius 3 is 2.12 bits per heavy atom. The van der Waals surface area contributed by atoms with Crippen LogP contribution in [-0.4, -0.2) is 59.8 Å². The van der Waals surface area contributed by atoms with Gasteiger partial charge in [-0.1, -0.05) is 78.9 Å². The van der Waals surface area contributed by atoms with Crippen molar-refractivity contribution in [3.8, 4) is 11.1 Å². The third-order valence-corrected chi connectivity index (χ3v) is 8.16. The Labute approximate surface area is 240 Å². The highest BCUT2D eigenvalue weighted by Crippen LogP contribution is 2.44. The zero-order valence-corrected chi connectivity index (χ0v) is 23.2. The Morgan fingerprint density at radius 2 is 1.49 bits per heavy atom. The molecule has 3 N–H and O–H groups in total. The van der Waals surface area contributed by atoms with Crippen LogP contribution in [0.4, 0.5) is 4.79 Å². The minimum Gasteiger partial charge on any atom is -0.481 e. The molecule has 0 aromatic heterocycles. The number of hydrogen-bond acceptors (Lipinski definition) is 5. The lowest BCUT2D eigenvalue weighted by Gasteiger charge is -2.41. The maximum absolute atomic E-state index is 13.2. The van der Waals surface area contributed by atoms with Gasteiger partial charge >= 0.3 is 12.1 Å². The number of amides is 2. The molecule has 2 amide bonds. The Kier molecular flexibility index (Phi) is 8.99. The van der Waals surface area contributed by atoms with Crippen molar-refractivity contribution in [1.29, 1.82) is 0 Å². The van der Waals surface area contributed by atoms with Crippen LogP contribution in [0, 0.1) is 0 Å². The highest BCUT2D eigenvalue weighted by molar-refractivity contribution is 5.80. The van der Waals surface area contributed by atoms with E-state index in [1.807, 2.05) is 42.5 Å². The predicted octanol–water partition coefficient (Wildman–Crippen LogP) is 4.93. The fourth-order valence-corrected chi connectivity index (χ4v) is 6.02. The first-order valence-corrected chi connectivity index (χ1v) is 14.3. The maximum Gasteiger partial charge on any atom is 0.407 e. The molecular formula is C33H37N3O5. The number of carbonyl (C=O) groups excluding carboxylic acids is 2. The van der Waals surface area contributed by atoms with Crippen LogP contribution in [0.3, 0.4) is 0 Å². The summed E-state index contributed by atoms with van der Waals surface area (Å²) < 4.78 is 5.84. The molecule has 1 fully saturated rings. The van der Waals surface area contributed by atoms with Crippen LogP contribution in [0.5, 0.6) is 0 Å². The standard InChI is InChI=1S/C33H37N3O5/c37-30(34-18-8-15-31(38)39)21-33(16-19-36(20-17-33)22-24-9-2-1-3-10-24)35-32(40)41-23-29-27-13-6-4-11-25(27)26-12-5-7-14-28(26)29/h1-7,9-14,29H,8,15-23H2,(H,34,37)(H,35,40)(H,38,39). The van der Waals surface area contributed by atoms with Crippen LogP contribution >= 0.6 is 0 Å². The number of likely N-dealkylation sites (tertiary alicyclic amines) is 1. The smallest absolute Gasteiger partial charge is 0.407 e. The fourth-order valence-electron chi connectivity index (χ4n) is 6.02. The Bertz CT molecular complexity index is 1320. The van der Waals surface area contributed by atoms with E-state index in [4.69, 9.17) is 9.84 Å². The fraction of sp³-hybridized carbons (Fsp3) is 0.364. The van der Waals surface area contributed by atoms with Gasteiger partial charge in [0.2, 0.25) is 5.91 Å². The second-order valence-electron chi connectivity index (χ2n) is 11.0. The number of ether oxygens (including phenoxy) is 1. The molecule has 0 spiro atoms. The second kappa shape index (κ2) is 13.0. The van der Waals surface area contributed by atoms with E-state index in [0.717, 1.165) is 30.8 Å². The number of benzene rings is 3. The summed E-state index contributed by atoms with van der Waals surface area (Å²) >= 11 is 0. The molecule has 1 saturated heterocycles. The average Bonchev–Trinajstić information content (AvgIpc) is 3.29. The van der Waals surface area contributed by atoms with E-state index < -0.39 is 17.6 Å². The molecule has 0 bridgehead atoms. The number of fused-ring (bicyclic) bond motifs is 3. The number of piperidine rings is 1. The quantitative estimate of drug-likeness (QED) is 0.290. The third-order valence-electron chi connectivity index (χ3n) is 8.16. The molecule has 8 nitrogen and oxygen atoms in total. The van der Waals surface area contributed by atoms with Gasteiger partial charge in [-0.15, -0.1) is 0 Å². The summed E-state index contributed by atoms with van der Waals surface area (Å²) in [4.78, 5) is 39.3. The Morgan fingerprint density at radius 1 is 0.878 bits per heavy atom. The summed E-state index contributed by atoms with van der Waals surface area (Å²) in [6, 6.07) is 26.7. The molecule has 0 atom stereocenters. The van der Waals surface area contributed by atoms with Gasteiger partial charge in [-0.2, -0.15) is 0 Å².